The van der Waals surface area contributed by atoms with Gasteiger partial charge in [-0.1, -0.05) is 24.3 Å². The summed E-state index contributed by atoms with van der Waals surface area (Å²) >= 11 is 0. The highest BCUT2D eigenvalue weighted by atomic mass is 32.2. The average molecular weight is 363 g/mol. The van der Waals surface area contributed by atoms with Gasteiger partial charge in [0.25, 0.3) is 0 Å². The Kier molecular flexibility index (Phi) is 6.17. The molecule has 134 valence electrons. The highest BCUT2D eigenvalue weighted by Gasteiger charge is 2.19. The molecule has 1 unspecified atom stereocenters. The van der Waals surface area contributed by atoms with E-state index in [4.69, 9.17) is 4.74 Å². The van der Waals surface area contributed by atoms with Gasteiger partial charge in [0.2, 0.25) is 10.0 Å². The van der Waals surface area contributed by atoms with Crippen molar-refractivity contribution in [1.82, 2.24) is 4.72 Å². The molecule has 0 aliphatic rings. The van der Waals surface area contributed by atoms with E-state index in [0.29, 0.717) is 5.75 Å². The quantitative estimate of drug-likeness (QED) is 0.765. The van der Waals surface area contributed by atoms with Crippen molar-refractivity contribution >= 4 is 16.0 Å². The van der Waals surface area contributed by atoms with Crippen molar-refractivity contribution in [3.8, 4) is 5.75 Å². The van der Waals surface area contributed by atoms with E-state index in [9.17, 15) is 13.2 Å². The molecule has 2 aromatic rings. The number of sulfonamides is 1. The van der Waals surface area contributed by atoms with Gasteiger partial charge < -0.3 is 9.47 Å². The van der Waals surface area contributed by atoms with Crippen LogP contribution in [0.3, 0.4) is 0 Å². The molecule has 0 radical (unpaired) electrons. The zero-order valence-electron chi connectivity index (χ0n) is 14.4. The van der Waals surface area contributed by atoms with Crippen molar-refractivity contribution in [3.63, 3.8) is 0 Å². The minimum atomic E-state index is -3.78. The second kappa shape index (κ2) is 8.13. The van der Waals surface area contributed by atoms with E-state index >= 15 is 0 Å². The number of carbonyl (C=O) groups excluding carboxylic acids is 1. The van der Waals surface area contributed by atoms with Gasteiger partial charge in [-0.15, -0.1) is 0 Å². The molecule has 1 atom stereocenters. The summed E-state index contributed by atoms with van der Waals surface area (Å²) in [6.45, 7) is 3.81. The van der Waals surface area contributed by atoms with Gasteiger partial charge in [-0.2, -0.15) is 0 Å². The predicted molar refractivity (Wildman–Crippen MR) is 94.2 cm³/mol. The molecule has 0 aliphatic carbocycles. The largest absolute Gasteiger partial charge is 0.492 e. The molecule has 25 heavy (non-hydrogen) atoms. The van der Waals surface area contributed by atoms with Crippen molar-refractivity contribution in [2.24, 2.45) is 0 Å². The lowest BCUT2D eigenvalue weighted by Crippen LogP contribution is -2.36. The number of benzene rings is 2. The standard InChI is InChI=1S/C18H21NO5S/c1-13-7-4-5-10-17(13)24-12-14(2)19-25(21,22)16-9-6-8-15(11-16)18(20)23-3/h4-11,14,19H,12H2,1-3H3. The van der Waals surface area contributed by atoms with Crippen LogP contribution in [0, 0.1) is 6.92 Å². The summed E-state index contributed by atoms with van der Waals surface area (Å²) in [6, 6.07) is 12.8. The molecule has 7 heteroatoms. The van der Waals surface area contributed by atoms with Crippen molar-refractivity contribution in [1.29, 1.82) is 0 Å². The zero-order chi connectivity index (χ0) is 18.4. The number of esters is 1. The predicted octanol–water partition coefficient (Wildman–Crippen LogP) is 2.53. The lowest BCUT2D eigenvalue weighted by atomic mass is 10.2. The molecule has 6 nitrogen and oxygen atoms in total. The van der Waals surface area contributed by atoms with Gasteiger partial charge >= 0.3 is 5.97 Å². The van der Waals surface area contributed by atoms with Crippen LogP contribution in [0.4, 0.5) is 0 Å². The summed E-state index contributed by atoms with van der Waals surface area (Å²) < 4.78 is 37.7. The maximum absolute atomic E-state index is 12.5. The molecule has 0 aliphatic heterocycles. The normalized spacial score (nSPS) is 12.4. The third-order valence-corrected chi connectivity index (χ3v) is 5.09. The fourth-order valence-electron chi connectivity index (χ4n) is 2.21. The van der Waals surface area contributed by atoms with Gasteiger partial charge in [-0.05, 0) is 43.7 Å². The molecule has 0 amide bonds. The Morgan fingerprint density at radius 2 is 1.88 bits per heavy atom. The minimum absolute atomic E-state index is 0.00172. The van der Waals surface area contributed by atoms with Crippen LogP contribution in [0.15, 0.2) is 53.4 Å². The minimum Gasteiger partial charge on any atom is -0.492 e. The molecule has 0 fully saturated rings. The van der Waals surface area contributed by atoms with Crippen LogP contribution in [0.5, 0.6) is 5.75 Å². The maximum Gasteiger partial charge on any atom is 0.337 e. The van der Waals surface area contributed by atoms with E-state index in [1.165, 1.54) is 31.4 Å². The maximum atomic E-state index is 12.5. The topological polar surface area (TPSA) is 81.7 Å². The molecular formula is C18H21NO5S. The van der Waals surface area contributed by atoms with Crippen LogP contribution in [0.2, 0.25) is 0 Å². The zero-order valence-corrected chi connectivity index (χ0v) is 15.2. The summed E-state index contributed by atoms with van der Waals surface area (Å²) in [4.78, 5) is 11.5. The van der Waals surface area contributed by atoms with Crippen LogP contribution in [0.1, 0.15) is 22.8 Å². The van der Waals surface area contributed by atoms with Gasteiger partial charge in [-0.3, -0.25) is 0 Å². The Balaban J connectivity index is 2.05. The van der Waals surface area contributed by atoms with Gasteiger partial charge in [0.15, 0.2) is 0 Å². The Labute approximate surface area is 147 Å². The lowest BCUT2D eigenvalue weighted by molar-refractivity contribution is 0.0600. The summed E-state index contributed by atoms with van der Waals surface area (Å²) in [5.74, 6) is 0.120. The third kappa shape index (κ3) is 5.04. The summed E-state index contributed by atoms with van der Waals surface area (Å²) in [5, 5.41) is 0. The van der Waals surface area contributed by atoms with Gasteiger partial charge in [0.05, 0.1) is 23.6 Å². The van der Waals surface area contributed by atoms with E-state index in [-0.39, 0.29) is 17.1 Å². The molecule has 0 saturated carbocycles. The fourth-order valence-corrected chi connectivity index (χ4v) is 3.48. The van der Waals surface area contributed by atoms with E-state index in [1.54, 1.807) is 6.92 Å². The lowest BCUT2D eigenvalue weighted by Gasteiger charge is -2.16. The second-order valence-electron chi connectivity index (χ2n) is 5.62. The molecule has 1 N–H and O–H groups in total. The average Bonchev–Trinajstić information content (AvgIpc) is 2.60. The fraction of sp³-hybridized carbons (Fsp3) is 0.278. The van der Waals surface area contributed by atoms with Crippen molar-refractivity contribution in [2.45, 2.75) is 24.8 Å². The monoisotopic (exact) mass is 363 g/mol. The van der Waals surface area contributed by atoms with Crippen LogP contribution in [-0.2, 0) is 14.8 Å². The number of carbonyl (C=O) groups is 1. The van der Waals surface area contributed by atoms with Crippen molar-refractivity contribution < 1.29 is 22.7 Å². The Bertz CT molecular complexity index is 848. The smallest absolute Gasteiger partial charge is 0.337 e. The van der Waals surface area contributed by atoms with Gasteiger partial charge in [0, 0.05) is 0 Å². The number of para-hydroxylation sites is 1. The number of hydrogen-bond acceptors (Lipinski definition) is 5. The van der Waals surface area contributed by atoms with E-state index in [0.717, 1.165) is 5.56 Å². The number of rotatable bonds is 7. The first-order valence-corrected chi connectivity index (χ1v) is 9.21. The summed E-state index contributed by atoms with van der Waals surface area (Å²) in [6.07, 6.45) is 0. The SMILES string of the molecule is COC(=O)c1cccc(S(=O)(=O)NC(C)COc2ccccc2C)c1. The third-order valence-electron chi connectivity index (χ3n) is 3.50. The first-order chi connectivity index (χ1) is 11.8. The molecular weight excluding hydrogens is 342 g/mol. The number of hydrogen-bond donors (Lipinski definition) is 1. The summed E-state index contributed by atoms with van der Waals surface area (Å²) in [5.41, 5.74) is 1.15. The summed E-state index contributed by atoms with van der Waals surface area (Å²) in [7, 11) is -2.53. The molecule has 0 saturated heterocycles. The van der Waals surface area contributed by atoms with Crippen LogP contribution in [-0.4, -0.2) is 34.1 Å². The van der Waals surface area contributed by atoms with E-state index in [1.807, 2.05) is 31.2 Å². The van der Waals surface area contributed by atoms with E-state index in [2.05, 4.69) is 9.46 Å². The first kappa shape index (κ1) is 19.0. The number of nitrogens with one attached hydrogen (secondary N) is 1. The van der Waals surface area contributed by atoms with Crippen LogP contribution >= 0.6 is 0 Å². The molecule has 0 bridgehead atoms. The number of methoxy groups -OCH3 is 1. The second-order valence-corrected chi connectivity index (χ2v) is 7.33. The Hall–Kier alpha value is -2.38. The number of ether oxygens (including phenoxy) is 2. The molecule has 0 heterocycles. The molecule has 0 aromatic heterocycles. The Morgan fingerprint density at radius 1 is 1.16 bits per heavy atom. The van der Waals surface area contributed by atoms with Gasteiger partial charge in [-0.25, -0.2) is 17.9 Å². The molecule has 2 rings (SSSR count). The van der Waals surface area contributed by atoms with Crippen molar-refractivity contribution in [3.05, 3.63) is 59.7 Å². The number of aryl methyl sites for hydroxylation is 1. The first-order valence-electron chi connectivity index (χ1n) is 7.72. The van der Waals surface area contributed by atoms with Crippen LogP contribution < -0.4 is 9.46 Å². The van der Waals surface area contributed by atoms with E-state index < -0.39 is 22.0 Å². The Morgan fingerprint density at radius 3 is 2.56 bits per heavy atom. The van der Waals surface area contributed by atoms with Gasteiger partial charge in [0.1, 0.15) is 12.4 Å². The van der Waals surface area contributed by atoms with Crippen molar-refractivity contribution in [2.75, 3.05) is 13.7 Å². The highest BCUT2D eigenvalue weighted by Crippen LogP contribution is 2.17. The molecule has 0 spiro atoms. The highest BCUT2D eigenvalue weighted by molar-refractivity contribution is 7.89. The molecule has 2 aromatic carbocycles. The van der Waals surface area contributed by atoms with Crippen LogP contribution in [0.25, 0.3) is 0 Å².